The third-order valence-corrected chi connectivity index (χ3v) is 6.09. The molecule has 0 aromatic heterocycles. The highest BCUT2D eigenvalue weighted by molar-refractivity contribution is 7.86. The molecule has 2 rings (SSSR count). The van der Waals surface area contributed by atoms with Gasteiger partial charge in [-0.3, -0.25) is 4.55 Å². The highest BCUT2D eigenvalue weighted by Gasteiger charge is 2.19. The van der Waals surface area contributed by atoms with E-state index in [9.17, 15) is 13.0 Å². The molecule has 0 aliphatic rings. The van der Waals surface area contributed by atoms with Crippen molar-refractivity contribution in [2.24, 2.45) is 0 Å². The summed E-state index contributed by atoms with van der Waals surface area (Å²) in [4.78, 5) is 0.0602. The summed E-state index contributed by atoms with van der Waals surface area (Å²) in [5.41, 5.74) is 1.84. The SMILES string of the molecule is CCCCc1c(S(=O)(=O)O)ccc(C)c1Pc1ccccc1. The lowest BCUT2D eigenvalue weighted by molar-refractivity contribution is 0.482. The van der Waals surface area contributed by atoms with Gasteiger partial charge in [-0.2, -0.15) is 8.42 Å². The average molecular weight is 336 g/mol. The van der Waals surface area contributed by atoms with Gasteiger partial charge in [0.2, 0.25) is 0 Å². The Bertz CT molecular complexity index is 740. The summed E-state index contributed by atoms with van der Waals surface area (Å²) >= 11 is 0. The van der Waals surface area contributed by atoms with Crippen LogP contribution in [-0.4, -0.2) is 13.0 Å². The van der Waals surface area contributed by atoms with Crippen molar-refractivity contribution < 1.29 is 13.0 Å². The van der Waals surface area contributed by atoms with Crippen LogP contribution in [0.5, 0.6) is 0 Å². The maximum absolute atomic E-state index is 11.7. The highest BCUT2D eigenvalue weighted by atomic mass is 32.2. The van der Waals surface area contributed by atoms with E-state index < -0.39 is 10.1 Å². The van der Waals surface area contributed by atoms with Crippen molar-refractivity contribution in [1.82, 2.24) is 0 Å². The lowest BCUT2D eigenvalue weighted by atomic mass is 10.1. The van der Waals surface area contributed by atoms with Gasteiger partial charge in [0.1, 0.15) is 0 Å². The maximum atomic E-state index is 11.7. The molecule has 0 aliphatic carbocycles. The van der Waals surface area contributed by atoms with Gasteiger partial charge in [0.25, 0.3) is 10.1 Å². The van der Waals surface area contributed by atoms with Crippen molar-refractivity contribution in [3.63, 3.8) is 0 Å². The van der Waals surface area contributed by atoms with Crippen LogP contribution in [0.4, 0.5) is 0 Å². The molecule has 2 aromatic rings. The smallest absolute Gasteiger partial charge is 0.282 e. The molecule has 0 heterocycles. The Morgan fingerprint density at radius 1 is 1.09 bits per heavy atom. The molecule has 1 unspecified atom stereocenters. The second-order valence-corrected chi connectivity index (χ2v) is 8.02. The molecule has 2 aromatic carbocycles. The standard InChI is InChI=1S/C17H21O3PS/c1-3-4-10-15-16(22(18,19)20)12-11-13(2)17(15)21-14-8-6-5-7-9-14/h5-9,11-12,21H,3-4,10H2,1-2H3,(H,18,19,20). The van der Waals surface area contributed by atoms with Crippen LogP contribution >= 0.6 is 8.58 Å². The number of benzene rings is 2. The van der Waals surface area contributed by atoms with Gasteiger partial charge in [0, 0.05) is 0 Å². The summed E-state index contributed by atoms with van der Waals surface area (Å²) < 4.78 is 32.9. The van der Waals surface area contributed by atoms with E-state index in [1.165, 1.54) is 6.07 Å². The number of aryl methyl sites for hydroxylation is 1. The van der Waals surface area contributed by atoms with E-state index in [0.717, 1.165) is 34.6 Å². The predicted octanol–water partition coefficient (Wildman–Crippen LogP) is 3.21. The quantitative estimate of drug-likeness (QED) is 0.651. The second kappa shape index (κ2) is 7.36. The molecule has 5 heteroatoms. The molecular weight excluding hydrogens is 315 g/mol. The van der Waals surface area contributed by atoms with Gasteiger partial charge in [-0.15, -0.1) is 0 Å². The van der Waals surface area contributed by atoms with Crippen molar-refractivity contribution >= 4 is 29.3 Å². The Hall–Kier alpha value is -1.22. The third kappa shape index (κ3) is 4.16. The fourth-order valence-corrected chi connectivity index (χ4v) is 4.61. The summed E-state index contributed by atoms with van der Waals surface area (Å²) in [6, 6.07) is 13.3. The molecule has 0 fully saturated rings. The Balaban J connectivity index is 2.54. The average Bonchev–Trinajstić information content (AvgIpc) is 2.47. The van der Waals surface area contributed by atoms with E-state index >= 15 is 0 Å². The molecule has 0 aliphatic heterocycles. The summed E-state index contributed by atoms with van der Waals surface area (Å²) in [5, 5.41) is 2.20. The number of rotatable bonds is 6. The summed E-state index contributed by atoms with van der Waals surface area (Å²) in [6.45, 7) is 4.07. The van der Waals surface area contributed by atoms with Crippen LogP contribution in [0.1, 0.15) is 30.9 Å². The van der Waals surface area contributed by atoms with Crippen LogP contribution in [-0.2, 0) is 16.5 Å². The molecule has 118 valence electrons. The molecule has 0 saturated carbocycles. The molecule has 0 radical (unpaired) electrons. The fourth-order valence-electron chi connectivity index (χ4n) is 2.43. The van der Waals surface area contributed by atoms with Crippen LogP contribution in [0.3, 0.4) is 0 Å². The van der Waals surface area contributed by atoms with Crippen LogP contribution in [0, 0.1) is 6.92 Å². The van der Waals surface area contributed by atoms with E-state index in [0.29, 0.717) is 15.0 Å². The first-order chi connectivity index (χ1) is 10.4. The van der Waals surface area contributed by atoms with E-state index in [2.05, 4.69) is 6.92 Å². The first-order valence-electron chi connectivity index (χ1n) is 7.35. The second-order valence-electron chi connectivity index (χ2n) is 5.30. The Kier molecular flexibility index (Phi) is 5.74. The summed E-state index contributed by atoms with van der Waals surface area (Å²) in [6.07, 6.45) is 2.55. The Morgan fingerprint density at radius 3 is 2.36 bits per heavy atom. The number of hydrogen-bond acceptors (Lipinski definition) is 2. The minimum absolute atomic E-state index is 0.0602. The van der Waals surface area contributed by atoms with Gasteiger partial charge in [-0.05, 0) is 47.6 Å². The van der Waals surface area contributed by atoms with Crippen LogP contribution < -0.4 is 10.6 Å². The zero-order chi connectivity index (χ0) is 16.2. The fraction of sp³-hybridized carbons (Fsp3) is 0.294. The van der Waals surface area contributed by atoms with Gasteiger partial charge in [0.05, 0.1) is 4.90 Å². The van der Waals surface area contributed by atoms with E-state index in [1.54, 1.807) is 6.07 Å². The minimum atomic E-state index is -4.19. The molecule has 1 N–H and O–H groups in total. The van der Waals surface area contributed by atoms with Crippen molar-refractivity contribution in [3.8, 4) is 0 Å². The molecule has 22 heavy (non-hydrogen) atoms. The minimum Gasteiger partial charge on any atom is -0.282 e. The van der Waals surface area contributed by atoms with E-state index in [-0.39, 0.29) is 4.90 Å². The molecule has 0 bridgehead atoms. The first kappa shape index (κ1) is 17.1. The van der Waals surface area contributed by atoms with Gasteiger partial charge < -0.3 is 0 Å². The molecule has 3 nitrogen and oxygen atoms in total. The molecule has 1 atom stereocenters. The summed E-state index contributed by atoms with van der Waals surface area (Å²) in [7, 11) is -3.81. The van der Waals surface area contributed by atoms with E-state index in [4.69, 9.17) is 0 Å². The summed E-state index contributed by atoms with van der Waals surface area (Å²) in [5.74, 6) is 0. The zero-order valence-electron chi connectivity index (χ0n) is 12.8. The van der Waals surface area contributed by atoms with Gasteiger partial charge in [-0.25, -0.2) is 0 Å². The van der Waals surface area contributed by atoms with E-state index in [1.807, 2.05) is 37.3 Å². The van der Waals surface area contributed by atoms with Gasteiger partial charge >= 0.3 is 0 Å². The first-order valence-corrected chi connectivity index (χ1v) is 9.79. The van der Waals surface area contributed by atoms with Crippen LogP contribution in [0.2, 0.25) is 0 Å². The normalized spacial score (nSPS) is 12.1. The predicted molar refractivity (Wildman–Crippen MR) is 93.6 cm³/mol. The van der Waals surface area contributed by atoms with Crippen molar-refractivity contribution in [1.29, 1.82) is 0 Å². The van der Waals surface area contributed by atoms with Crippen molar-refractivity contribution in [2.45, 2.75) is 38.0 Å². The monoisotopic (exact) mass is 336 g/mol. The number of hydrogen-bond donors (Lipinski definition) is 1. The molecule has 0 saturated heterocycles. The van der Waals surface area contributed by atoms with Gasteiger partial charge in [-0.1, -0.05) is 58.3 Å². The lowest BCUT2D eigenvalue weighted by Crippen LogP contribution is -2.17. The largest absolute Gasteiger partial charge is 0.294 e. The van der Waals surface area contributed by atoms with Crippen molar-refractivity contribution in [2.75, 3.05) is 0 Å². The van der Waals surface area contributed by atoms with Crippen LogP contribution in [0.15, 0.2) is 47.4 Å². The van der Waals surface area contributed by atoms with Crippen LogP contribution in [0.25, 0.3) is 0 Å². The topological polar surface area (TPSA) is 54.4 Å². The van der Waals surface area contributed by atoms with Gasteiger partial charge in [0.15, 0.2) is 0 Å². The Morgan fingerprint density at radius 2 is 1.77 bits per heavy atom. The molecule has 0 spiro atoms. The maximum Gasteiger partial charge on any atom is 0.294 e. The Labute approximate surface area is 134 Å². The molecule has 0 amide bonds. The zero-order valence-corrected chi connectivity index (χ0v) is 14.7. The highest BCUT2D eigenvalue weighted by Crippen LogP contribution is 2.24. The number of unbranched alkanes of at least 4 members (excludes halogenated alkanes) is 1. The lowest BCUT2D eigenvalue weighted by Gasteiger charge is -2.16. The van der Waals surface area contributed by atoms with Crippen molar-refractivity contribution in [3.05, 3.63) is 53.6 Å². The third-order valence-electron chi connectivity index (χ3n) is 3.58. The molecular formula is C17H21O3PS.